The van der Waals surface area contributed by atoms with Crippen molar-refractivity contribution < 1.29 is 33.3 Å². The van der Waals surface area contributed by atoms with Crippen molar-refractivity contribution in [2.75, 3.05) is 25.7 Å². The van der Waals surface area contributed by atoms with Crippen LogP contribution in [0.2, 0.25) is 0 Å². The lowest BCUT2D eigenvalue weighted by Gasteiger charge is -2.31. The highest BCUT2D eigenvalue weighted by Crippen LogP contribution is 2.42. The van der Waals surface area contributed by atoms with Crippen molar-refractivity contribution in [3.05, 3.63) is 53.6 Å². The third-order valence-electron chi connectivity index (χ3n) is 5.53. The van der Waals surface area contributed by atoms with E-state index in [4.69, 9.17) is 23.7 Å². The Labute approximate surface area is 192 Å². The van der Waals surface area contributed by atoms with E-state index in [2.05, 4.69) is 0 Å². The van der Waals surface area contributed by atoms with Gasteiger partial charge in [-0.3, -0.25) is 14.5 Å². The summed E-state index contributed by atoms with van der Waals surface area (Å²) in [5.41, 5.74) is 2.45. The maximum Gasteiger partial charge on any atom is 0.304 e. The first-order chi connectivity index (χ1) is 15.7. The smallest absolute Gasteiger partial charge is 0.304 e. The average molecular weight is 453 g/mol. The zero-order valence-corrected chi connectivity index (χ0v) is 19.3. The fraction of sp³-hybridized carbons (Fsp3) is 0.360. The number of fused-ring (bicyclic) bond motifs is 1. The number of esters is 1. The molecule has 2 heterocycles. The first-order valence-electron chi connectivity index (χ1n) is 10.6. The minimum atomic E-state index is -0.990. The molecule has 0 aliphatic carbocycles. The monoisotopic (exact) mass is 453 g/mol. The van der Waals surface area contributed by atoms with Gasteiger partial charge < -0.3 is 23.7 Å². The van der Waals surface area contributed by atoms with E-state index in [1.165, 1.54) is 11.8 Å². The van der Waals surface area contributed by atoms with Crippen molar-refractivity contribution in [2.24, 2.45) is 0 Å². The van der Waals surface area contributed by atoms with Gasteiger partial charge in [-0.05, 0) is 44.2 Å². The first kappa shape index (κ1) is 22.8. The van der Waals surface area contributed by atoms with Crippen LogP contribution in [0.15, 0.2) is 42.5 Å². The predicted molar refractivity (Wildman–Crippen MR) is 122 cm³/mol. The number of ether oxygens (including phenoxy) is 5. The van der Waals surface area contributed by atoms with Crippen molar-refractivity contribution in [1.82, 2.24) is 0 Å². The molecule has 8 nitrogen and oxygen atoms in total. The Morgan fingerprint density at radius 3 is 2.58 bits per heavy atom. The van der Waals surface area contributed by atoms with Gasteiger partial charge >= 0.3 is 5.97 Å². The third-order valence-corrected chi connectivity index (χ3v) is 5.53. The topological polar surface area (TPSA) is 83.5 Å². The van der Waals surface area contributed by atoms with Crippen molar-refractivity contribution in [3.8, 4) is 11.5 Å². The molecule has 0 aromatic heterocycles. The van der Waals surface area contributed by atoms with Gasteiger partial charge in [-0.2, -0.15) is 0 Å². The first-order valence-corrected chi connectivity index (χ1v) is 10.6. The van der Waals surface area contributed by atoms with Crippen molar-refractivity contribution in [3.63, 3.8) is 0 Å². The van der Waals surface area contributed by atoms with E-state index in [1.54, 1.807) is 52.3 Å². The molecule has 1 amide bonds. The summed E-state index contributed by atoms with van der Waals surface area (Å²) < 4.78 is 28.1. The van der Waals surface area contributed by atoms with E-state index < -0.39 is 24.1 Å². The van der Waals surface area contributed by atoms with Crippen LogP contribution < -0.4 is 14.4 Å². The summed E-state index contributed by atoms with van der Waals surface area (Å²) in [5.74, 6) is -0.462. The van der Waals surface area contributed by atoms with Crippen LogP contribution in [-0.2, 0) is 23.8 Å². The molecule has 0 saturated carbocycles. The van der Waals surface area contributed by atoms with Crippen LogP contribution >= 0.6 is 0 Å². The Morgan fingerprint density at radius 1 is 1.18 bits per heavy atom. The molecule has 0 radical (unpaired) electrons. The Bertz CT molecular complexity index is 1110. The highest BCUT2D eigenvalue weighted by molar-refractivity contribution is 6.36. The largest absolute Gasteiger partial charge is 0.497 e. The summed E-state index contributed by atoms with van der Waals surface area (Å²) in [6.07, 6.45) is 0.117. The van der Waals surface area contributed by atoms with Gasteiger partial charge in [0.25, 0.3) is 5.91 Å². The zero-order valence-electron chi connectivity index (χ0n) is 19.3. The van der Waals surface area contributed by atoms with Gasteiger partial charge in [-0.1, -0.05) is 18.2 Å². The van der Waals surface area contributed by atoms with E-state index in [9.17, 15) is 9.59 Å². The Balaban J connectivity index is 1.80. The summed E-state index contributed by atoms with van der Waals surface area (Å²) in [7, 11) is 3.14. The molecule has 8 heteroatoms. The molecule has 0 bridgehead atoms. The fourth-order valence-corrected chi connectivity index (χ4v) is 4.09. The molecule has 0 spiro atoms. The van der Waals surface area contributed by atoms with Crippen molar-refractivity contribution in [2.45, 2.75) is 38.9 Å². The molecular weight excluding hydrogens is 426 g/mol. The molecule has 174 valence electrons. The highest BCUT2D eigenvalue weighted by Gasteiger charge is 2.47. The third kappa shape index (κ3) is 4.44. The standard InChI is InChI=1S/C25H27NO7/c1-15(27)32-24(22-14-31-25(2,3)33-22)26-20-9-7-6-8-18(20)19(23(26)28)13-16-12-17(29-4)10-11-21(16)30-5/h6-13,22,24H,14H2,1-5H3. The maximum atomic E-state index is 13.8. The molecule has 2 aromatic carbocycles. The lowest BCUT2D eigenvalue weighted by molar-refractivity contribution is -0.169. The van der Waals surface area contributed by atoms with Crippen LogP contribution in [0.25, 0.3) is 11.6 Å². The second kappa shape index (κ2) is 8.88. The zero-order chi connectivity index (χ0) is 23.8. The van der Waals surface area contributed by atoms with Gasteiger partial charge in [-0.15, -0.1) is 0 Å². The predicted octanol–water partition coefficient (Wildman–Crippen LogP) is 3.63. The van der Waals surface area contributed by atoms with Crippen LogP contribution in [0.5, 0.6) is 11.5 Å². The molecule has 2 aliphatic rings. The summed E-state index contributed by atoms with van der Waals surface area (Å²) >= 11 is 0. The molecule has 4 rings (SSSR count). The molecule has 0 N–H and O–H groups in total. The van der Waals surface area contributed by atoms with Gasteiger partial charge in [-0.25, -0.2) is 0 Å². The summed E-state index contributed by atoms with van der Waals surface area (Å²) in [5, 5.41) is 0. The number of para-hydroxylation sites is 1. The van der Waals surface area contributed by atoms with Gasteiger partial charge in [0.1, 0.15) is 17.6 Å². The van der Waals surface area contributed by atoms with Crippen LogP contribution in [0.1, 0.15) is 31.9 Å². The molecule has 33 heavy (non-hydrogen) atoms. The number of benzene rings is 2. The lowest BCUT2D eigenvalue weighted by atomic mass is 10.0. The van der Waals surface area contributed by atoms with Gasteiger partial charge in [0, 0.05) is 18.1 Å². The summed E-state index contributed by atoms with van der Waals surface area (Å²) in [6.45, 7) is 5.04. The number of carbonyl (C=O) groups excluding carboxylic acids is 2. The van der Waals surface area contributed by atoms with Crippen LogP contribution in [0.3, 0.4) is 0 Å². The van der Waals surface area contributed by atoms with E-state index >= 15 is 0 Å². The maximum absolute atomic E-state index is 13.8. The average Bonchev–Trinajstić information content (AvgIpc) is 3.28. The highest BCUT2D eigenvalue weighted by atomic mass is 16.8. The van der Waals surface area contributed by atoms with Crippen molar-refractivity contribution >= 4 is 29.2 Å². The molecule has 2 aromatic rings. The number of nitrogens with zero attached hydrogens (tertiary/aromatic N) is 1. The second-order valence-corrected chi connectivity index (χ2v) is 8.23. The number of hydrogen-bond acceptors (Lipinski definition) is 7. The Kier molecular flexibility index (Phi) is 6.14. The number of anilines is 1. The van der Waals surface area contributed by atoms with E-state index in [0.717, 1.165) is 0 Å². The summed E-state index contributed by atoms with van der Waals surface area (Å²) in [6, 6.07) is 12.7. The normalized spacial score (nSPS) is 21.1. The van der Waals surface area contributed by atoms with Crippen LogP contribution in [0, 0.1) is 0 Å². The molecule has 2 aliphatic heterocycles. The fourth-order valence-electron chi connectivity index (χ4n) is 4.09. The lowest BCUT2D eigenvalue weighted by Crippen LogP contribution is -2.49. The number of hydrogen-bond donors (Lipinski definition) is 0. The van der Waals surface area contributed by atoms with E-state index in [-0.39, 0.29) is 12.5 Å². The van der Waals surface area contributed by atoms with Crippen LogP contribution in [0.4, 0.5) is 5.69 Å². The minimum absolute atomic E-state index is 0.180. The summed E-state index contributed by atoms with van der Waals surface area (Å²) in [4.78, 5) is 27.2. The Morgan fingerprint density at radius 2 is 1.94 bits per heavy atom. The van der Waals surface area contributed by atoms with E-state index in [1.807, 2.05) is 24.3 Å². The van der Waals surface area contributed by atoms with Gasteiger partial charge in [0.2, 0.25) is 6.23 Å². The molecule has 2 unspecified atom stereocenters. The minimum Gasteiger partial charge on any atom is -0.497 e. The van der Waals surface area contributed by atoms with Gasteiger partial charge in [0.15, 0.2) is 5.79 Å². The molecule has 1 saturated heterocycles. The van der Waals surface area contributed by atoms with Gasteiger partial charge in [0.05, 0.1) is 32.1 Å². The Hall–Kier alpha value is -3.36. The molecular formula is C25H27NO7. The van der Waals surface area contributed by atoms with Crippen LogP contribution in [-0.4, -0.2) is 50.8 Å². The number of rotatable bonds is 6. The van der Waals surface area contributed by atoms with E-state index in [0.29, 0.717) is 33.9 Å². The SMILES string of the molecule is COc1ccc(OC)c(C=C2C(=O)N(C(OC(C)=O)C3COC(C)(C)O3)c3ccccc32)c1. The molecule has 1 fully saturated rings. The quantitative estimate of drug-likeness (QED) is 0.488. The van der Waals surface area contributed by atoms with Crippen molar-refractivity contribution in [1.29, 1.82) is 0 Å². The second-order valence-electron chi connectivity index (χ2n) is 8.23. The number of carbonyl (C=O) groups is 2. The number of amides is 1. The number of methoxy groups -OCH3 is 2. The molecule has 2 atom stereocenters.